The first-order valence-corrected chi connectivity index (χ1v) is 5.29. The minimum atomic E-state index is -0.0947. The second kappa shape index (κ2) is 3.36. The number of rotatable bonds is 2. The van der Waals surface area contributed by atoms with E-state index in [1.807, 2.05) is 0 Å². The van der Waals surface area contributed by atoms with E-state index in [1.54, 1.807) is 12.4 Å². The second-order valence-electron chi connectivity index (χ2n) is 5.01. The molecule has 1 amide bonds. The van der Waals surface area contributed by atoms with Gasteiger partial charge in [0.05, 0.1) is 0 Å². The Morgan fingerprint density at radius 3 is 2.80 bits per heavy atom. The molecular weight excluding hydrogens is 190 g/mol. The number of aromatic nitrogens is 2. The van der Waals surface area contributed by atoms with Crippen molar-refractivity contribution >= 4 is 6.03 Å². The van der Waals surface area contributed by atoms with Crippen LogP contribution in [0.3, 0.4) is 0 Å². The Morgan fingerprint density at radius 2 is 2.33 bits per heavy atom. The van der Waals surface area contributed by atoms with Gasteiger partial charge in [0.15, 0.2) is 0 Å². The summed E-state index contributed by atoms with van der Waals surface area (Å²) in [5.41, 5.74) is 0.391. The molecule has 0 aliphatic heterocycles. The molecule has 4 nitrogen and oxygen atoms in total. The van der Waals surface area contributed by atoms with Gasteiger partial charge in [0.2, 0.25) is 0 Å². The largest absolute Gasteiger partial charge is 0.335 e. The lowest BCUT2D eigenvalue weighted by Crippen LogP contribution is -2.37. The van der Waals surface area contributed by atoms with Gasteiger partial charge in [0, 0.05) is 18.4 Å². The molecule has 1 aliphatic rings. The smallest absolute Gasteiger partial charge is 0.327 e. The standard InChI is InChI=1S/C11H17N3O/c1-8(9-6-11(9,2)3)13-10(15)14-5-4-12-7-14/h4-5,7-9H,6H2,1-3H3,(H,13,15). The minimum absolute atomic E-state index is 0.0947. The van der Waals surface area contributed by atoms with E-state index < -0.39 is 0 Å². The summed E-state index contributed by atoms with van der Waals surface area (Å²) in [4.78, 5) is 15.5. The summed E-state index contributed by atoms with van der Waals surface area (Å²) in [5, 5.41) is 2.98. The lowest BCUT2D eigenvalue weighted by Gasteiger charge is -2.15. The molecule has 1 heterocycles. The number of hydrogen-bond acceptors (Lipinski definition) is 2. The maximum Gasteiger partial charge on any atom is 0.327 e. The van der Waals surface area contributed by atoms with Crippen LogP contribution in [0, 0.1) is 11.3 Å². The summed E-state index contributed by atoms with van der Waals surface area (Å²) in [7, 11) is 0. The lowest BCUT2D eigenvalue weighted by molar-refractivity contribution is 0.237. The molecule has 15 heavy (non-hydrogen) atoms. The molecule has 2 rings (SSSR count). The van der Waals surface area contributed by atoms with E-state index in [-0.39, 0.29) is 12.1 Å². The molecule has 0 radical (unpaired) electrons. The number of amides is 1. The Hall–Kier alpha value is -1.32. The predicted octanol–water partition coefficient (Wildman–Crippen LogP) is 1.88. The van der Waals surface area contributed by atoms with Crippen molar-refractivity contribution in [3.63, 3.8) is 0 Å². The van der Waals surface area contributed by atoms with Crippen molar-refractivity contribution in [1.82, 2.24) is 14.9 Å². The van der Waals surface area contributed by atoms with Crippen molar-refractivity contribution in [2.75, 3.05) is 0 Å². The molecule has 82 valence electrons. The van der Waals surface area contributed by atoms with Gasteiger partial charge in [-0.25, -0.2) is 9.78 Å². The van der Waals surface area contributed by atoms with Gasteiger partial charge in [0.1, 0.15) is 6.33 Å². The van der Waals surface area contributed by atoms with Gasteiger partial charge >= 0.3 is 6.03 Å². The van der Waals surface area contributed by atoms with E-state index in [9.17, 15) is 4.79 Å². The van der Waals surface area contributed by atoms with Crippen LogP contribution in [0.1, 0.15) is 27.2 Å². The summed E-state index contributed by atoms with van der Waals surface area (Å²) in [6.45, 7) is 6.53. The SMILES string of the molecule is CC(NC(=O)n1ccnc1)C1CC1(C)C. The second-order valence-corrected chi connectivity index (χ2v) is 5.01. The van der Waals surface area contributed by atoms with Crippen molar-refractivity contribution in [3.8, 4) is 0 Å². The number of imidazole rings is 1. The van der Waals surface area contributed by atoms with Gasteiger partial charge < -0.3 is 5.32 Å². The highest BCUT2D eigenvalue weighted by Gasteiger charge is 2.48. The first kappa shape index (κ1) is 10.2. The Morgan fingerprint density at radius 1 is 1.67 bits per heavy atom. The third-order valence-electron chi connectivity index (χ3n) is 3.28. The fourth-order valence-corrected chi connectivity index (χ4v) is 2.11. The number of carbonyl (C=O) groups is 1. The third-order valence-corrected chi connectivity index (χ3v) is 3.28. The molecule has 2 unspecified atom stereocenters. The average molecular weight is 207 g/mol. The Bertz CT molecular complexity index is 356. The van der Waals surface area contributed by atoms with Gasteiger partial charge in [0.25, 0.3) is 0 Å². The number of nitrogens with zero attached hydrogens (tertiary/aromatic N) is 2. The van der Waals surface area contributed by atoms with E-state index >= 15 is 0 Å². The topological polar surface area (TPSA) is 46.9 Å². The molecule has 1 saturated carbocycles. The monoisotopic (exact) mass is 207 g/mol. The molecular formula is C11H17N3O. The van der Waals surface area contributed by atoms with Crippen LogP contribution >= 0.6 is 0 Å². The van der Waals surface area contributed by atoms with Crippen LogP contribution in [0.25, 0.3) is 0 Å². The highest BCUT2D eigenvalue weighted by Crippen LogP contribution is 2.53. The third kappa shape index (κ3) is 2.03. The van der Waals surface area contributed by atoms with Gasteiger partial charge in [-0.3, -0.25) is 4.57 Å². The van der Waals surface area contributed by atoms with Gasteiger partial charge in [-0.2, -0.15) is 0 Å². The van der Waals surface area contributed by atoms with E-state index in [0.29, 0.717) is 11.3 Å². The molecule has 1 N–H and O–H groups in total. The van der Waals surface area contributed by atoms with Crippen LogP contribution in [0.2, 0.25) is 0 Å². The maximum absolute atomic E-state index is 11.7. The van der Waals surface area contributed by atoms with Crippen molar-refractivity contribution in [2.24, 2.45) is 11.3 Å². The zero-order valence-electron chi connectivity index (χ0n) is 9.40. The van der Waals surface area contributed by atoms with Crippen LogP contribution in [-0.4, -0.2) is 21.6 Å². The molecule has 0 spiro atoms. The zero-order valence-corrected chi connectivity index (χ0v) is 9.40. The van der Waals surface area contributed by atoms with E-state index in [4.69, 9.17) is 0 Å². The van der Waals surface area contributed by atoms with Crippen LogP contribution in [0.5, 0.6) is 0 Å². The summed E-state index contributed by atoms with van der Waals surface area (Å²) in [5.74, 6) is 0.602. The first-order chi connectivity index (χ1) is 7.00. The van der Waals surface area contributed by atoms with Crippen molar-refractivity contribution in [3.05, 3.63) is 18.7 Å². The summed E-state index contributed by atoms with van der Waals surface area (Å²) in [6, 6.07) is 0.137. The molecule has 4 heteroatoms. The van der Waals surface area contributed by atoms with Crippen molar-refractivity contribution in [2.45, 2.75) is 33.2 Å². The fourth-order valence-electron chi connectivity index (χ4n) is 2.11. The van der Waals surface area contributed by atoms with Crippen LogP contribution in [0.4, 0.5) is 4.79 Å². The Kier molecular flexibility index (Phi) is 2.29. The van der Waals surface area contributed by atoms with Crippen molar-refractivity contribution < 1.29 is 4.79 Å². The summed E-state index contributed by atoms with van der Waals surface area (Å²) >= 11 is 0. The van der Waals surface area contributed by atoms with Gasteiger partial charge in [-0.1, -0.05) is 13.8 Å². The highest BCUT2D eigenvalue weighted by molar-refractivity contribution is 5.76. The Balaban J connectivity index is 1.90. The maximum atomic E-state index is 11.7. The quantitative estimate of drug-likeness (QED) is 0.804. The van der Waals surface area contributed by atoms with Gasteiger partial charge in [-0.05, 0) is 24.7 Å². The van der Waals surface area contributed by atoms with E-state index in [0.717, 1.165) is 0 Å². The fraction of sp³-hybridized carbons (Fsp3) is 0.636. The summed E-state index contributed by atoms with van der Waals surface area (Å²) < 4.78 is 1.46. The van der Waals surface area contributed by atoms with E-state index in [1.165, 1.54) is 17.3 Å². The Labute approximate surface area is 89.7 Å². The molecule has 1 aromatic heterocycles. The number of nitrogens with one attached hydrogen (secondary N) is 1. The molecule has 1 fully saturated rings. The van der Waals surface area contributed by atoms with Crippen LogP contribution in [-0.2, 0) is 0 Å². The number of carbonyl (C=O) groups excluding carboxylic acids is 1. The summed E-state index contributed by atoms with van der Waals surface area (Å²) in [6.07, 6.45) is 5.96. The molecule has 0 saturated heterocycles. The number of hydrogen-bond donors (Lipinski definition) is 1. The highest BCUT2D eigenvalue weighted by atomic mass is 16.2. The van der Waals surface area contributed by atoms with Crippen LogP contribution < -0.4 is 5.32 Å². The molecule has 1 aliphatic carbocycles. The minimum Gasteiger partial charge on any atom is -0.335 e. The molecule has 2 atom stereocenters. The van der Waals surface area contributed by atoms with Gasteiger partial charge in [-0.15, -0.1) is 0 Å². The lowest BCUT2D eigenvalue weighted by atomic mass is 10.1. The van der Waals surface area contributed by atoms with Crippen molar-refractivity contribution in [1.29, 1.82) is 0 Å². The molecule has 0 aromatic carbocycles. The molecule has 0 bridgehead atoms. The molecule has 1 aromatic rings. The predicted molar refractivity (Wildman–Crippen MR) is 57.5 cm³/mol. The normalized spacial score (nSPS) is 24.6. The average Bonchev–Trinajstić information content (AvgIpc) is 2.66. The van der Waals surface area contributed by atoms with E-state index in [2.05, 4.69) is 31.1 Å². The first-order valence-electron chi connectivity index (χ1n) is 5.29. The zero-order chi connectivity index (χ0) is 11.1. The van der Waals surface area contributed by atoms with Crippen LogP contribution in [0.15, 0.2) is 18.7 Å².